The second-order valence-corrected chi connectivity index (χ2v) is 9.20. The highest BCUT2D eigenvalue weighted by Crippen LogP contribution is 2.40. The third-order valence-corrected chi connectivity index (χ3v) is 6.63. The molecule has 1 atom stereocenters. The van der Waals surface area contributed by atoms with Crippen molar-refractivity contribution in [2.45, 2.75) is 12.5 Å². The van der Waals surface area contributed by atoms with Crippen LogP contribution >= 0.6 is 11.6 Å². The van der Waals surface area contributed by atoms with E-state index >= 15 is 0 Å². The van der Waals surface area contributed by atoms with E-state index in [1.807, 2.05) is 36.4 Å². The Morgan fingerprint density at radius 2 is 2.00 bits per heavy atom. The number of ether oxygens (including phenoxy) is 2. The Morgan fingerprint density at radius 1 is 1.16 bits per heavy atom. The molecule has 5 rings (SSSR count). The third-order valence-electron chi connectivity index (χ3n) is 6.39. The van der Waals surface area contributed by atoms with Crippen LogP contribution in [0.25, 0.3) is 0 Å². The summed E-state index contributed by atoms with van der Waals surface area (Å²) in [6.45, 7) is 6.75. The third kappa shape index (κ3) is 5.67. The van der Waals surface area contributed by atoms with Crippen molar-refractivity contribution in [2.75, 3.05) is 60.6 Å². The zero-order chi connectivity index (χ0) is 26.5. The van der Waals surface area contributed by atoms with Crippen LogP contribution in [0.2, 0.25) is 5.02 Å². The predicted octanol–water partition coefficient (Wildman–Crippen LogP) is 4.73. The van der Waals surface area contributed by atoms with Gasteiger partial charge in [-0.3, -0.25) is 9.63 Å². The zero-order valence-electron chi connectivity index (χ0n) is 21.0. The van der Waals surface area contributed by atoms with E-state index < -0.39 is 0 Å². The Kier molecular flexibility index (Phi) is 7.92. The number of hydrogen-bond donors (Lipinski definition) is 2. The lowest BCUT2D eigenvalue weighted by Crippen LogP contribution is -2.36. The Labute approximate surface area is 226 Å². The van der Waals surface area contributed by atoms with Crippen LogP contribution in [0.5, 0.6) is 5.75 Å². The lowest BCUT2D eigenvalue weighted by Gasteiger charge is -2.31. The van der Waals surface area contributed by atoms with Crippen LogP contribution < -0.4 is 25.3 Å². The molecule has 2 N–H and O–H groups in total. The molecule has 10 nitrogen and oxygen atoms in total. The van der Waals surface area contributed by atoms with E-state index in [1.165, 1.54) is 12.4 Å². The molecule has 0 aliphatic carbocycles. The smallest absolute Gasteiger partial charge is 0.247 e. The van der Waals surface area contributed by atoms with Gasteiger partial charge in [-0.15, -0.1) is 0 Å². The molecule has 198 valence electrons. The summed E-state index contributed by atoms with van der Waals surface area (Å²) in [4.78, 5) is 29.2. The molecule has 0 bridgehead atoms. The van der Waals surface area contributed by atoms with Gasteiger partial charge in [-0.25, -0.2) is 15.0 Å². The van der Waals surface area contributed by atoms with Crippen LogP contribution in [0.3, 0.4) is 0 Å². The van der Waals surface area contributed by atoms with Crippen LogP contribution in [-0.4, -0.2) is 55.9 Å². The fraction of sp³-hybridized carbons (Fsp3) is 0.296. The number of carbonyl (C=O) groups is 1. The minimum absolute atomic E-state index is 0.0282. The number of anilines is 5. The summed E-state index contributed by atoms with van der Waals surface area (Å²) in [7, 11) is 1.60. The van der Waals surface area contributed by atoms with Crippen LogP contribution in [0, 0.1) is 0 Å². The minimum atomic E-state index is -0.307. The van der Waals surface area contributed by atoms with Gasteiger partial charge in [-0.1, -0.05) is 30.3 Å². The lowest BCUT2D eigenvalue weighted by molar-refractivity contribution is -0.111. The maximum atomic E-state index is 12.2. The molecule has 1 unspecified atom stereocenters. The Morgan fingerprint density at radius 3 is 2.76 bits per heavy atom. The topological polar surface area (TPSA) is 101 Å². The van der Waals surface area contributed by atoms with E-state index in [2.05, 4.69) is 32.1 Å². The summed E-state index contributed by atoms with van der Waals surface area (Å²) in [5.74, 6) is 1.43. The van der Waals surface area contributed by atoms with Gasteiger partial charge in [-0.2, -0.15) is 0 Å². The molecule has 38 heavy (non-hydrogen) atoms. The second-order valence-electron chi connectivity index (χ2n) is 8.77. The largest absolute Gasteiger partial charge is 0.494 e. The molecule has 0 saturated carbocycles. The standard InChI is InChI=1S/C27H29ClN6O4/c1-3-27(35)32-20-14-21(24(36-2)15-23(20)33-8-11-37-12-9-33)31-25-16-26(30-17-29-25)34-22(7-10-38-34)18-5-4-6-19(28)13-18/h3-6,13-17,22H,1,7-12H2,2H3,(H,32,35)(H,29,30,31). The zero-order valence-corrected chi connectivity index (χ0v) is 21.8. The molecule has 2 aliphatic rings. The second kappa shape index (κ2) is 11.7. The van der Waals surface area contributed by atoms with Crippen molar-refractivity contribution < 1.29 is 19.1 Å². The molecule has 11 heteroatoms. The maximum Gasteiger partial charge on any atom is 0.247 e. The molecular weight excluding hydrogens is 508 g/mol. The Bertz CT molecular complexity index is 1320. The van der Waals surface area contributed by atoms with E-state index in [1.54, 1.807) is 18.2 Å². The van der Waals surface area contributed by atoms with E-state index in [4.69, 9.17) is 25.9 Å². The molecule has 3 heterocycles. The molecule has 0 radical (unpaired) electrons. The van der Waals surface area contributed by atoms with E-state index in [0.717, 1.165) is 17.7 Å². The van der Waals surface area contributed by atoms with Crippen molar-refractivity contribution >= 4 is 46.2 Å². The van der Waals surface area contributed by atoms with Crippen LogP contribution in [0.4, 0.5) is 28.7 Å². The van der Waals surface area contributed by atoms with Gasteiger partial charge in [0.05, 0.1) is 50.0 Å². The number of nitrogens with zero attached hydrogens (tertiary/aromatic N) is 4. The van der Waals surface area contributed by atoms with Gasteiger partial charge in [0.1, 0.15) is 17.9 Å². The number of methoxy groups -OCH3 is 1. The summed E-state index contributed by atoms with van der Waals surface area (Å²) in [6, 6.07) is 13.2. The number of nitrogens with one attached hydrogen (secondary N) is 2. The van der Waals surface area contributed by atoms with Gasteiger partial charge in [0.15, 0.2) is 5.82 Å². The molecule has 2 fully saturated rings. The highest BCUT2D eigenvalue weighted by molar-refractivity contribution is 6.30. The average molecular weight is 537 g/mol. The molecule has 2 saturated heterocycles. The van der Waals surface area contributed by atoms with E-state index in [0.29, 0.717) is 66.7 Å². The first-order valence-corrected chi connectivity index (χ1v) is 12.7. The summed E-state index contributed by atoms with van der Waals surface area (Å²) in [6.07, 6.45) is 3.52. The fourth-order valence-electron chi connectivity index (χ4n) is 4.57. The highest BCUT2D eigenvalue weighted by Gasteiger charge is 2.29. The van der Waals surface area contributed by atoms with Crippen LogP contribution in [-0.2, 0) is 14.4 Å². The molecule has 2 aromatic carbocycles. The predicted molar refractivity (Wildman–Crippen MR) is 147 cm³/mol. The van der Waals surface area contributed by atoms with E-state index in [9.17, 15) is 4.79 Å². The Hall–Kier alpha value is -3.86. The molecular formula is C27H29ClN6O4. The number of carbonyl (C=O) groups excluding carboxylic acids is 1. The highest BCUT2D eigenvalue weighted by atomic mass is 35.5. The van der Waals surface area contributed by atoms with Crippen molar-refractivity contribution in [3.05, 3.63) is 72.0 Å². The van der Waals surface area contributed by atoms with Crippen LogP contribution in [0.15, 0.2) is 61.4 Å². The summed E-state index contributed by atoms with van der Waals surface area (Å²) in [5, 5.41) is 8.68. The summed E-state index contributed by atoms with van der Waals surface area (Å²) in [5.41, 5.74) is 3.13. The molecule has 0 spiro atoms. The van der Waals surface area contributed by atoms with Crippen molar-refractivity contribution in [2.24, 2.45) is 0 Å². The quantitative estimate of drug-likeness (QED) is 0.396. The SMILES string of the molecule is C=CC(=O)Nc1cc(Nc2cc(N3OCCC3c3cccc(Cl)c3)ncn2)c(OC)cc1N1CCOCC1. The fourth-order valence-corrected chi connectivity index (χ4v) is 4.77. The average Bonchev–Trinajstić information content (AvgIpc) is 3.44. The number of hydrogen-bond acceptors (Lipinski definition) is 9. The number of hydroxylamine groups is 1. The van der Waals surface area contributed by atoms with Crippen molar-refractivity contribution in [1.82, 2.24) is 9.97 Å². The van der Waals surface area contributed by atoms with Gasteiger partial charge >= 0.3 is 0 Å². The monoisotopic (exact) mass is 536 g/mol. The normalized spacial score (nSPS) is 17.3. The first kappa shape index (κ1) is 25.8. The van der Waals surface area contributed by atoms with Crippen molar-refractivity contribution in [1.29, 1.82) is 0 Å². The van der Waals surface area contributed by atoms with Crippen molar-refractivity contribution in [3.63, 3.8) is 0 Å². The van der Waals surface area contributed by atoms with E-state index in [-0.39, 0.29) is 11.9 Å². The molecule has 3 aromatic rings. The Balaban J connectivity index is 1.44. The first-order chi connectivity index (χ1) is 18.6. The number of aromatic nitrogens is 2. The van der Waals surface area contributed by atoms with Crippen LogP contribution in [0.1, 0.15) is 18.0 Å². The van der Waals surface area contributed by atoms with Gasteiger partial charge in [0, 0.05) is 36.7 Å². The summed E-state index contributed by atoms with van der Waals surface area (Å²) < 4.78 is 11.2. The number of amides is 1. The number of benzene rings is 2. The molecule has 1 aromatic heterocycles. The minimum Gasteiger partial charge on any atom is -0.494 e. The number of halogens is 1. The molecule has 1 amide bonds. The van der Waals surface area contributed by atoms with Gasteiger partial charge in [0.2, 0.25) is 5.91 Å². The van der Waals surface area contributed by atoms with Gasteiger partial charge in [-0.05, 0) is 29.8 Å². The van der Waals surface area contributed by atoms with Gasteiger partial charge < -0.3 is 25.0 Å². The lowest BCUT2D eigenvalue weighted by atomic mass is 10.0. The first-order valence-electron chi connectivity index (χ1n) is 12.3. The summed E-state index contributed by atoms with van der Waals surface area (Å²) >= 11 is 6.23. The maximum absolute atomic E-state index is 12.2. The molecule has 2 aliphatic heterocycles. The number of morpholine rings is 1. The van der Waals surface area contributed by atoms with Crippen molar-refractivity contribution in [3.8, 4) is 5.75 Å². The van der Waals surface area contributed by atoms with Gasteiger partial charge in [0.25, 0.3) is 0 Å². The number of rotatable bonds is 8.